The quantitative estimate of drug-likeness (QED) is 0.888. The van der Waals surface area contributed by atoms with Crippen molar-refractivity contribution in [2.24, 2.45) is 5.92 Å². The molecule has 1 atom stereocenters. The Kier molecular flexibility index (Phi) is 4.73. The van der Waals surface area contributed by atoms with Crippen LogP contribution in [0.5, 0.6) is 0 Å². The first-order valence-corrected chi connectivity index (χ1v) is 8.40. The smallest absolute Gasteiger partial charge is 0.288 e. The molecule has 0 saturated carbocycles. The number of amides is 1. The lowest BCUT2D eigenvalue weighted by molar-refractivity contribution is -0.191. The topological polar surface area (TPSA) is 32.3 Å². The summed E-state index contributed by atoms with van der Waals surface area (Å²) < 4.78 is 41.7. The molecular weight excluding hydrogens is 329 g/mol. The van der Waals surface area contributed by atoms with Gasteiger partial charge in [-0.05, 0) is 40.3 Å². The zero-order chi connectivity index (χ0) is 18.2. The maximum absolute atomic E-state index is 13.9. The standard InChI is InChI=1S/C19H21F3N2O/c1-12(2)9-15-10-13-5-3-4-6-14(13)11-16(15)18(19(20,21)22)24-8-7-17(25)23-24/h3-6,10-12,18H,7-9H2,1-2H3,(H,23,25). The Morgan fingerprint density at radius 3 is 2.32 bits per heavy atom. The number of hydrogen-bond donors (Lipinski definition) is 1. The van der Waals surface area contributed by atoms with E-state index in [0.29, 0.717) is 12.0 Å². The predicted molar refractivity (Wildman–Crippen MR) is 90.8 cm³/mol. The summed E-state index contributed by atoms with van der Waals surface area (Å²) in [6.45, 7) is 4.02. The Hall–Kier alpha value is -2.08. The van der Waals surface area contributed by atoms with Crippen LogP contribution in [0.3, 0.4) is 0 Å². The van der Waals surface area contributed by atoms with Gasteiger partial charge in [-0.3, -0.25) is 10.2 Å². The molecule has 0 bridgehead atoms. The Labute approximate surface area is 144 Å². The number of carbonyl (C=O) groups excluding carboxylic acids is 1. The zero-order valence-corrected chi connectivity index (χ0v) is 14.2. The summed E-state index contributed by atoms with van der Waals surface area (Å²) in [5, 5.41) is 2.72. The molecule has 0 spiro atoms. The van der Waals surface area contributed by atoms with E-state index in [-0.39, 0.29) is 30.4 Å². The summed E-state index contributed by atoms with van der Waals surface area (Å²) in [6.07, 6.45) is -3.85. The van der Waals surface area contributed by atoms with Crippen molar-refractivity contribution >= 4 is 16.7 Å². The van der Waals surface area contributed by atoms with Crippen LogP contribution in [0.2, 0.25) is 0 Å². The molecule has 3 rings (SSSR count). The molecule has 134 valence electrons. The van der Waals surface area contributed by atoms with E-state index in [9.17, 15) is 18.0 Å². The molecule has 1 aliphatic heterocycles. The van der Waals surface area contributed by atoms with Gasteiger partial charge in [0.05, 0.1) is 0 Å². The van der Waals surface area contributed by atoms with Crippen LogP contribution in [-0.4, -0.2) is 23.6 Å². The first-order valence-electron chi connectivity index (χ1n) is 8.40. The number of halogens is 3. The molecule has 1 aliphatic rings. The van der Waals surface area contributed by atoms with Crippen molar-refractivity contribution in [3.63, 3.8) is 0 Å². The van der Waals surface area contributed by atoms with Crippen molar-refractivity contribution in [3.05, 3.63) is 47.5 Å². The number of fused-ring (bicyclic) bond motifs is 1. The van der Waals surface area contributed by atoms with Crippen LogP contribution >= 0.6 is 0 Å². The first-order chi connectivity index (χ1) is 11.8. The average molecular weight is 350 g/mol. The molecule has 0 radical (unpaired) electrons. The Morgan fingerprint density at radius 1 is 1.16 bits per heavy atom. The Balaban J connectivity index is 2.15. The summed E-state index contributed by atoms with van der Waals surface area (Å²) in [7, 11) is 0. The van der Waals surface area contributed by atoms with Crippen molar-refractivity contribution in [2.45, 2.75) is 38.9 Å². The SMILES string of the molecule is CC(C)Cc1cc2ccccc2cc1C(N1CCC(=O)N1)C(F)(F)F. The van der Waals surface area contributed by atoms with Crippen LogP contribution in [-0.2, 0) is 11.2 Å². The van der Waals surface area contributed by atoms with Gasteiger partial charge in [-0.2, -0.15) is 13.2 Å². The third kappa shape index (κ3) is 3.79. The molecule has 6 heteroatoms. The van der Waals surface area contributed by atoms with E-state index >= 15 is 0 Å². The molecule has 0 aromatic heterocycles. The molecule has 3 nitrogen and oxygen atoms in total. The van der Waals surface area contributed by atoms with Crippen molar-refractivity contribution in [1.82, 2.24) is 10.4 Å². The molecular formula is C19H21F3N2O. The second-order valence-corrected chi connectivity index (χ2v) is 6.92. The predicted octanol–water partition coefficient (Wildman–Crippen LogP) is 4.38. The molecule has 1 saturated heterocycles. The number of nitrogens with one attached hydrogen (secondary N) is 1. The molecule has 1 N–H and O–H groups in total. The number of hydrazine groups is 1. The highest BCUT2D eigenvalue weighted by atomic mass is 19.4. The van der Waals surface area contributed by atoms with Crippen molar-refractivity contribution < 1.29 is 18.0 Å². The van der Waals surface area contributed by atoms with E-state index in [1.165, 1.54) is 0 Å². The van der Waals surface area contributed by atoms with Gasteiger partial charge in [0.15, 0.2) is 0 Å². The fourth-order valence-corrected chi connectivity index (χ4v) is 3.38. The van der Waals surface area contributed by atoms with E-state index < -0.39 is 12.2 Å². The van der Waals surface area contributed by atoms with Crippen LogP contribution < -0.4 is 5.43 Å². The van der Waals surface area contributed by atoms with Gasteiger partial charge < -0.3 is 0 Å². The van der Waals surface area contributed by atoms with Gasteiger partial charge in [0.1, 0.15) is 6.04 Å². The van der Waals surface area contributed by atoms with E-state index in [0.717, 1.165) is 15.8 Å². The van der Waals surface area contributed by atoms with Gasteiger partial charge in [0.25, 0.3) is 0 Å². The molecule has 0 aliphatic carbocycles. The fraction of sp³-hybridized carbons (Fsp3) is 0.421. The molecule has 2 aromatic rings. The van der Waals surface area contributed by atoms with Gasteiger partial charge >= 0.3 is 6.18 Å². The van der Waals surface area contributed by atoms with Gasteiger partial charge in [0.2, 0.25) is 5.91 Å². The van der Waals surface area contributed by atoms with Crippen molar-refractivity contribution in [3.8, 4) is 0 Å². The lowest BCUT2D eigenvalue weighted by Crippen LogP contribution is -2.44. The number of benzene rings is 2. The second kappa shape index (κ2) is 6.67. The minimum Gasteiger partial charge on any atom is -0.288 e. The highest BCUT2D eigenvalue weighted by Crippen LogP contribution is 2.41. The lowest BCUT2D eigenvalue weighted by atomic mass is 9.90. The van der Waals surface area contributed by atoms with Crippen LogP contribution in [0.4, 0.5) is 13.2 Å². The van der Waals surface area contributed by atoms with Crippen molar-refractivity contribution in [1.29, 1.82) is 0 Å². The summed E-state index contributed by atoms with van der Waals surface area (Å²) in [5.74, 6) is -0.151. The summed E-state index contributed by atoms with van der Waals surface area (Å²) >= 11 is 0. The van der Waals surface area contributed by atoms with Crippen LogP contribution in [0, 0.1) is 5.92 Å². The Morgan fingerprint density at radius 2 is 1.80 bits per heavy atom. The highest BCUT2D eigenvalue weighted by Gasteiger charge is 2.47. The highest BCUT2D eigenvalue weighted by molar-refractivity contribution is 5.84. The molecule has 1 unspecified atom stereocenters. The third-order valence-corrected chi connectivity index (χ3v) is 4.40. The van der Waals surface area contributed by atoms with Crippen LogP contribution in [0.1, 0.15) is 37.4 Å². The van der Waals surface area contributed by atoms with E-state index in [4.69, 9.17) is 0 Å². The summed E-state index contributed by atoms with van der Waals surface area (Å²) in [5.41, 5.74) is 3.26. The number of nitrogens with zero attached hydrogens (tertiary/aromatic N) is 1. The third-order valence-electron chi connectivity index (χ3n) is 4.40. The summed E-state index contributed by atoms with van der Waals surface area (Å²) in [6, 6.07) is 9.04. The van der Waals surface area contributed by atoms with E-state index in [2.05, 4.69) is 5.43 Å². The van der Waals surface area contributed by atoms with Crippen LogP contribution in [0.15, 0.2) is 36.4 Å². The molecule has 1 heterocycles. The zero-order valence-electron chi connectivity index (χ0n) is 14.2. The minimum atomic E-state index is -4.48. The van der Waals surface area contributed by atoms with Gasteiger partial charge in [-0.1, -0.05) is 44.2 Å². The molecule has 2 aromatic carbocycles. The number of hydrogen-bond acceptors (Lipinski definition) is 2. The van der Waals surface area contributed by atoms with Gasteiger partial charge in [-0.15, -0.1) is 0 Å². The number of rotatable bonds is 4. The van der Waals surface area contributed by atoms with Gasteiger partial charge in [-0.25, -0.2) is 5.01 Å². The molecule has 1 fully saturated rings. The average Bonchev–Trinajstić information content (AvgIpc) is 2.92. The summed E-state index contributed by atoms with van der Waals surface area (Å²) in [4.78, 5) is 11.5. The normalized spacial score (nSPS) is 17.3. The van der Waals surface area contributed by atoms with E-state index in [1.807, 2.05) is 44.2 Å². The first kappa shape index (κ1) is 17.7. The van der Waals surface area contributed by atoms with E-state index in [1.54, 1.807) is 6.07 Å². The lowest BCUT2D eigenvalue weighted by Gasteiger charge is -2.31. The Bertz CT molecular complexity index is 786. The van der Waals surface area contributed by atoms with Crippen LogP contribution in [0.25, 0.3) is 10.8 Å². The second-order valence-electron chi connectivity index (χ2n) is 6.92. The maximum atomic E-state index is 13.9. The minimum absolute atomic E-state index is 0.0525. The largest absolute Gasteiger partial charge is 0.409 e. The molecule has 25 heavy (non-hydrogen) atoms. The fourth-order valence-electron chi connectivity index (χ4n) is 3.38. The monoisotopic (exact) mass is 350 g/mol. The van der Waals surface area contributed by atoms with Crippen molar-refractivity contribution in [2.75, 3.05) is 6.54 Å². The maximum Gasteiger partial charge on any atom is 0.409 e. The molecule has 1 amide bonds. The number of alkyl halides is 3. The van der Waals surface area contributed by atoms with Gasteiger partial charge in [0, 0.05) is 13.0 Å². The number of carbonyl (C=O) groups is 1.